The van der Waals surface area contributed by atoms with Crippen LogP contribution in [0, 0.1) is 0 Å². The topological polar surface area (TPSA) is 71.1 Å². The second-order valence-corrected chi connectivity index (χ2v) is 8.08. The molecule has 0 bridgehead atoms. The van der Waals surface area contributed by atoms with Crippen LogP contribution >= 0.6 is 22.7 Å². The second-order valence-electron chi connectivity index (χ2n) is 6.19. The Balaban J connectivity index is 1.38. The zero-order valence-corrected chi connectivity index (χ0v) is 16.9. The molecule has 0 saturated heterocycles. The van der Waals surface area contributed by atoms with Crippen LogP contribution in [0.25, 0.3) is 11.3 Å². The highest BCUT2D eigenvalue weighted by Crippen LogP contribution is 2.21. The quantitative estimate of drug-likeness (QED) is 0.459. The number of hydrogen-bond donors (Lipinski definition) is 2. The molecule has 29 heavy (non-hydrogen) atoms. The lowest BCUT2D eigenvalue weighted by molar-refractivity contribution is 0.0949. The van der Waals surface area contributed by atoms with E-state index in [1.807, 2.05) is 47.2 Å². The Morgan fingerprint density at radius 3 is 2.55 bits per heavy atom. The average molecular weight is 420 g/mol. The van der Waals surface area contributed by atoms with Crippen molar-refractivity contribution in [2.45, 2.75) is 6.54 Å². The lowest BCUT2D eigenvalue weighted by Crippen LogP contribution is -2.23. The highest BCUT2D eigenvalue weighted by molar-refractivity contribution is 7.12. The van der Waals surface area contributed by atoms with Crippen LogP contribution < -0.4 is 10.6 Å². The van der Waals surface area contributed by atoms with Gasteiger partial charge in [0.2, 0.25) is 0 Å². The first kappa shape index (κ1) is 19.0. The van der Waals surface area contributed by atoms with Crippen LogP contribution in [0.3, 0.4) is 0 Å². The zero-order chi connectivity index (χ0) is 20.1. The summed E-state index contributed by atoms with van der Waals surface area (Å²) in [6.45, 7) is 0.349. The molecular formula is C22H17N3O2S2. The van der Waals surface area contributed by atoms with Gasteiger partial charge in [-0.15, -0.1) is 22.7 Å². The van der Waals surface area contributed by atoms with E-state index in [9.17, 15) is 9.59 Å². The fourth-order valence-electron chi connectivity index (χ4n) is 2.73. The van der Waals surface area contributed by atoms with Crippen LogP contribution in [0.15, 0.2) is 77.5 Å². The number of rotatable bonds is 6. The third kappa shape index (κ3) is 4.77. The van der Waals surface area contributed by atoms with Gasteiger partial charge in [0.05, 0.1) is 17.1 Å². The van der Waals surface area contributed by atoms with Crippen LogP contribution in [0.1, 0.15) is 25.0 Å². The fourth-order valence-corrected chi connectivity index (χ4v) is 4.09. The minimum atomic E-state index is -0.214. The molecule has 4 aromatic rings. The van der Waals surface area contributed by atoms with Crippen LogP contribution in [0.5, 0.6) is 0 Å². The van der Waals surface area contributed by atoms with Crippen molar-refractivity contribution < 1.29 is 9.59 Å². The molecule has 4 rings (SSSR count). The number of nitrogens with zero attached hydrogens (tertiary/aromatic N) is 1. The number of anilines is 1. The first-order valence-corrected chi connectivity index (χ1v) is 10.7. The first-order valence-electron chi connectivity index (χ1n) is 8.92. The van der Waals surface area contributed by atoms with Crippen molar-refractivity contribution in [1.29, 1.82) is 0 Å². The molecule has 2 aromatic heterocycles. The molecule has 0 unspecified atom stereocenters. The van der Waals surface area contributed by atoms with E-state index in [4.69, 9.17) is 0 Å². The predicted molar refractivity (Wildman–Crippen MR) is 117 cm³/mol. The minimum Gasteiger partial charge on any atom is -0.346 e. The Morgan fingerprint density at radius 1 is 0.897 bits per heavy atom. The number of carbonyl (C=O) groups excluding carboxylic acids is 2. The van der Waals surface area contributed by atoms with E-state index in [1.54, 1.807) is 30.3 Å². The third-order valence-electron chi connectivity index (χ3n) is 4.15. The molecule has 2 aromatic carbocycles. The lowest BCUT2D eigenvalue weighted by atomic mass is 10.2. The molecule has 0 atom stereocenters. The number of nitrogens with one attached hydrogen (secondary N) is 2. The van der Waals surface area contributed by atoms with Gasteiger partial charge in [-0.1, -0.05) is 42.5 Å². The molecule has 5 nitrogen and oxygen atoms in total. The number of amides is 2. The van der Waals surface area contributed by atoms with Gasteiger partial charge in [-0.3, -0.25) is 9.59 Å². The summed E-state index contributed by atoms with van der Waals surface area (Å²) in [5.41, 5.74) is 3.01. The van der Waals surface area contributed by atoms with Gasteiger partial charge < -0.3 is 10.6 Å². The number of aromatic nitrogens is 1. The predicted octanol–water partition coefficient (Wildman–Crippen LogP) is 5.05. The van der Waals surface area contributed by atoms with Crippen molar-refractivity contribution in [2.75, 3.05) is 5.32 Å². The molecule has 0 aliphatic heterocycles. The molecule has 0 spiro atoms. The molecule has 2 heterocycles. The summed E-state index contributed by atoms with van der Waals surface area (Å²) in [5.74, 6) is -0.400. The molecule has 2 N–H and O–H groups in total. The zero-order valence-electron chi connectivity index (χ0n) is 15.3. The van der Waals surface area contributed by atoms with Crippen LogP contribution in [0.4, 0.5) is 5.69 Å². The number of thiophene rings is 1. The number of hydrogen-bond acceptors (Lipinski definition) is 5. The van der Waals surface area contributed by atoms with E-state index in [0.717, 1.165) is 16.3 Å². The van der Waals surface area contributed by atoms with Crippen molar-refractivity contribution in [1.82, 2.24) is 10.3 Å². The van der Waals surface area contributed by atoms with Crippen LogP contribution in [-0.2, 0) is 6.54 Å². The summed E-state index contributed by atoms with van der Waals surface area (Å²) in [6.07, 6.45) is 0. The van der Waals surface area contributed by atoms with Gasteiger partial charge in [-0.25, -0.2) is 4.98 Å². The summed E-state index contributed by atoms with van der Waals surface area (Å²) in [4.78, 5) is 29.9. The number of thiazole rings is 1. The van der Waals surface area contributed by atoms with Crippen molar-refractivity contribution in [3.63, 3.8) is 0 Å². The van der Waals surface area contributed by atoms with Gasteiger partial charge in [0.15, 0.2) is 0 Å². The van der Waals surface area contributed by atoms with Crippen LogP contribution in [-0.4, -0.2) is 16.8 Å². The summed E-state index contributed by atoms with van der Waals surface area (Å²) in [5, 5.41) is 10.4. The van der Waals surface area contributed by atoms with Crippen molar-refractivity contribution >= 4 is 40.2 Å². The molecule has 0 aliphatic carbocycles. The smallest absolute Gasteiger partial charge is 0.265 e. The fraction of sp³-hybridized carbons (Fsp3) is 0.0455. The summed E-state index contributed by atoms with van der Waals surface area (Å²) in [6, 6.07) is 20.4. The van der Waals surface area contributed by atoms with Crippen molar-refractivity contribution in [3.8, 4) is 11.3 Å². The lowest BCUT2D eigenvalue weighted by Gasteiger charge is -2.07. The van der Waals surface area contributed by atoms with Gasteiger partial charge in [-0.2, -0.15) is 0 Å². The van der Waals surface area contributed by atoms with Gasteiger partial charge in [0, 0.05) is 22.2 Å². The standard InChI is InChI=1S/C22H17N3O2S2/c26-21(23-13-20-25-18(14-29-20)15-6-2-1-3-7-15)16-8-4-9-17(12-16)24-22(27)19-10-5-11-28-19/h1-12,14H,13H2,(H,23,26)(H,24,27). The van der Waals surface area contributed by atoms with Gasteiger partial charge in [0.25, 0.3) is 11.8 Å². The first-order chi connectivity index (χ1) is 14.2. The maximum absolute atomic E-state index is 12.5. The normalized spacial score (nSPS) is 10.5. The van der Waals surface area contributed by atoms with E-state index in [0.29, 0.717) is 22.7 Å². The largest absolute Gasteiger partial charge is 0.346 e. The Labute approximate surface area is 176 Å². The van der Waals surface area contributed by atoms with E-state index in [-0.39, 0.29) is 11.8 Å². The Kier molecular flexibility index (Phi) is 5.79. The van der Waals surface area contributed by atoms with E-state index < -0.39 is 0 Å². The number of benzene rings is 2. The molecular weight excluding hydrogens is 402 g/mol. The maximum atomic E-state index is 12.5. The molecule has 144 valence electrons. The SMILES string of the molecule is O=C(NCc1nc(-c2ccccc2)cs1)c1cccc(NC(=O)c2cccs2)c1. The van der Waals surface area contributed by atoms with E-state index >= 15 is 0 Å². The van der Waals surface area contributed by atoms with E-state index in [1.165, 1.54) is 22.7 Å². The van der Waals surface area contributed by atoms with Crippen molar-refractivity contribution in [2.24, 2.45) is 0 Å². The Bertz CT molecular complexity index is 1120. The minimum absolute atomic E-state index is 0.186. The second kappa shape index (κ2) is 8.81. The van der Waals surface area contributed by atoms with Gasteiger partial charge in [0.1, 0.15) is 5.01 Å². The van der Waals surface area contributed by atoms with E-state index in [2.05, 4.69) is 15.6 Å². The van der Waals surface area contributed by atoms with Gasteiger partial charge in [-0.05, 0) is 29.6 Å². The molecule has 0 aliphatic rings. The molecule has 0 fully saturated rings. The maximum Gasteiger partial charge on any atom is 0.265 e. The molecule has 0 saturated carbocycles. The summed E-state index contributed by atoms with van der Waals surface area (Å²) < 4.78 is 0. The highest BCUT2D eigenvalue weighted by Gasteiger charge is 2.11. The highest BCUT2D eigenvalue weighted by atomic mass is 32.1. The molecule has 7 heteroatoms. The number of carbonyl (C=O) groups is 2. The van der Waals surface area contributed by atoms with Crippen molar-refractivity contribution in [3.05, 3.63) is 92.9 Å². The molecule has 0 radical (unpaired) electrons. The third-order valence-corrected chi connectivity index (χ3v) is 5.87. The average Bonchev–Trinajstić information content (AvgIpc) is 3.45. The summed E-state index contributed by atoms with van der Waals surface area (Å²) in [7, 11) is 0. The Hall–Kier alpha value is -3.29. The molecule has 2 amide bonds. The monoisotopic (exact) mass is 419 g/mol. The van der Waals surface area contributed by atoms with Gasteiger partial charge >= 0.3 is 0 Å². The summed E-state index contributed by atoms with van der Waals surface area (Å²) >= 11 is 2.88. The Morgan fingerprint density at radius 2 is 1.76 bits per heavy atom. The van der Waals surface area contributed by atoms with Crippen LogP contribution in [0.2, 0.25) is 0 Å².